The SMILES string of the molecule is Cc1ccc(Oc2nccc(-c3c(-c4ccc(F)cc4)c(=O)n4n3CCC4)n2)c(C)c1. The van der Waals surface area contributed by atoms with E-state index in [9.17, 15) is 9.18 Å². The molecular formula is C24H21FN4O2. The summed E-state index contributed by atoms with van der Waals surface area (Å²) in [6, 6.07) is 13.8. The lowest BCUT2D eigenvalue weighted by atomic mass is 10.0. The Kier molecular flexibility index (Phi) is 4.66. The minimum absolute atomic E-state index is 0.102. The molecule has 4 aromatic rings. The van der Waals surface area contributed by atoms with Gasteiger partial charge in [-0.3, -0.25) is 9.48 Å². The van der Waals surface area contributed by atoms with E-state index in [1.165, 1.54) is 12.1 Å². The van der Waals surface area contributed by atoms with Crippen LogP contribution >= 0.6 is 0 Å². The molecular weight excluding hydrogens is 395 g/mol. The predicted octanol–water partition coefficient (Wildman–Crippen LogP) is 4.73. The maximum Gasteiger partial charge on any atom is 0.322 e. The van der Waals surface area contributed by atoms with E-state index >= 15 is 0 Å². The first-order valence-corrected chi connectivity index (χ1v) is 10.2. The number of aryl methyl sites for hydroxylation is 2. The molecule has 6 nitrogen and oxygen atoms in total. The van der Waals surface area contributed by atoms with Crippen molar-refractivity contribution in [1.82, 2.24) is 19.3 Å². The third kappa shape index (κ3) is 3.42. The van der Waals surface area contributed by atoms with Crippen molar-refractivity contribution in [3.63, 3.8) is 0 Å². The number of halogens is 1. The molecule has 3 heterocycles. The second-order valence-electron chi connectivity index (χ2n) is 7.73. The Labute approximate surface area is 178 Å². The number of hydrogen-bond acceptors (Lipinski definition) is 4. The zero-order valence-corrected chi connectivity index (χ0v) is 17.3. The highest BCUT2D eigenvalue weighted by atomic mass is 19.1. The molecule has 0 saturated carbocycles. The van der Waals surface area contributed by atoms with E-state index < -0.39 is 0 Å². The Hall–Kier alpha value is -3.74. The van der Waals surface area contributed by atoms with E-state index in [2.05, 4.69) is 9.97 Å². The van der Waals surface area contributed by atoms with Gasteiger partial charge in [0, 0.05) is 19.3 Å². The first-order valence-electron chi connectivity index (χ1n) is 10.2. The Balaban J connectivity index is 1.62. The van der Waals surface area contributed by atoms with E-state index in [0.717, 1.165) is 17.5 Å². The average Bonchev–Trinajstić information content (AvgIpc) is 3.33. The van der Waals surface area contributed by atoms with Gasteiger partial charge in [0.15, 0.2) is 0 Å². The minimum Gasteiger partial charge on any atom is -0.424 e. The molecule has 0 radical (unpaired) electrons. The fourth-order valence-corrected chi connectivity index (χ4v) is 4.09. The zero-order valence-electron chi connectivity index (χ0n) is 17.3. The molecule has 0 saturated heterocycles. The van der Waals surface area contributed by atoms with Gasteiger partial charge in [-0.2, -0.15) is 4.98 Å². The monoisotopic (exact) mass is 416 g/mol. The van der Waals surface area contributed by atoms with E-state index in [0.29, 0.717) is 41.4 Å². The van der Waals surface area contributed by atoms with Gasteiger partial charge in [0.05, 0.1) is 17.0 Å². The average molecular weight is 416 g/mol. The van der Waals surface area contributed by atoms with E-state index in [1.54, 1.807) is 29.1 Å². The lowest BCUT2D eigenvalue weighted by Crippen LogP contribution is -2.17. The van der Waals surface area contributed by atoms with Gasteiger partial charge in [0.25, 0.3) is 5.56 Å². The van der Waals surface area contributed by atoms with Crippen LogP contribution in [0, 0.1) is 19.7 Å². The molecule has 156 valence electrons. The van der Waals surface area contributed by atoms with Gasteiger partial charge in [-0.1, -0.05) is 29.8 Å². The Morgan fingerprint density at radius 1 is 1.00 bits per heavy atom. The topological polar surface area (TPSA) is 61.9 Å². The standard InChI is InChI=1S/C24H21FN4O2/c1-15-4-9-20(16(2)14-15)31-24-26-11-10-19(27-24)22-21(17-5-7-18(25)8-6-17)23(30)29-13-3-12-28(22)29/h4-11,14H,3,12-13H2,1-2H3. The number of ether oxygens (including phenoxy) is 1. The minimum atomic E-state index is -0.344. The third-order valence-corrected chi connectivity index (χ3v) is 5.52. The van der Waals surface area contributed by atoms with Gasteiger partial charge in [0.1, 0.15) is 11.6 Å². The lowest BCUT2D eigenvalue weighted by molar-refractivity contribution is 0.439. The maximum absolute atomic E-state index is 13.5. The quantitative estimate of drug-likeness (QED) is 0.483. The second-order valence-corrected chi connectivity index (χ2v) is 7.73. The number of nitrogens with zero attached hydrogens (tertiary/aromatic N) is 4. The highest BCUT2D eigenvalue weighted by molar-refractivity contribution is 5.79. The summed E-state index contributed by atoms with van der Waals surface area (Å²) in [4.78, 5) is 22.0. The molecule has 1 aliphatic rings. The van der Waals surface area contributed by atoms with Gasteiger partial charge in [-0.05, 0) is 55.7 Å². The number of fused-ring (bicyclic) bond motifs is 1. The number of hydrogen-bond donors (Lipinski definition) is 0. The van der Waals surface area contributed by atoms with Crippen LogP contribution < -0.4 is 10.3 Å². The summed E-state index contributed by atoms with van der Waals surface area (Å²) < 4.78 is 23.1. The highest BCUT2D eigenvalue weighted by Gasteiger charge is 2.26. The van der Waals surface area contributed by atoms with Crippen LogP contribution in [-0.2, 0) is 13.1 Å². The summed E-state index contributed by atoms with van der Waals surface area (Å²) in [5.74, 6) is 0.337. The van der Waals surface area contributed by atoms with Crippen molar-refractivity contribution in [3.8, 4) is 34.3 Å². The van der Waals surface area contributed by atoms with Crippen molar-refractivity contribution in [1.29, 1.82) is 0 Å². The molecule has 0 bridgehead atoms. The molecule has 0 fully saturated rings. The summed E-state index contributed by atoms with van der Waals surface area (Å²) in [6.07, 6.45) is 2.50. The van der Waals surface area contributed by atoms with Crippen molar-refractivity contribution >= 4 is 0 Å². The number of benzene rings is 2. The normalized spacial score (nSPS) is 12.7. The van der Waals surface area contributed by atoms with Crippen LogP contribution in [0.1, 0.15) is 17.5 Å². The van der Waals surface area contributed by atoms with Gasteiger partial charge in [-0.15, -0.1) is 0 Å². The van der Waals surface area contributed by atoms with Gasteiger partial charge in [-0.25, -0.2) is 14.1 Å². The smallest absolute Gasteiger partial charge is 0.322 e. The van der Waals surface area contributed by atoms with Crippen LogP contribution in [0.2, 0.25) is 0 Å². The molecule has 0 amide bonds. The Morgan fingerprint density at radius 2 is 1.77 bits per heavy atom. The van der Waals surface area contributed by atoms with E-state index in [4.69, 9.17) is 4.74 Å². The van der Waals surface area contributed by atoms with Gasteiger partial charge < -0.3 is 4.74 Å². The van der Waals surface area contributed by atoms with Crippen molar-refractivity contribution < 1.29 is 9.13 Å². The van der Waals surface area contributed by atoms with Crippen LogP contribution in [0.25, 0.3) is 22.5 Å². The third-order valence-electron chi connectivity index (χ3n) is 5.52. The summed E-state index contributed by atoms with van der Waals surface area (Å²) in [6.45, 7) is 5.35. The van der Waals surface area contributed by atoms with Crippen molar-refractivity contribution in [3.05, 3.63) is 82.0 Å². The first kappa shape index (κ1) is 19.2. The highest BCUT2D eigenvalue weighted by Crippen LogP contribution is 2.32. The predicted molar refractivity (Wildman–Crippen MR) is 116 cm³/mol. The number of aromatic nitrogens is 4. The van der Waals surface area contributed by atoms with Crippen LogP contribution in [0.3, 0.4) is 0 Å². The molecule has 0 unspecified atom stereocenters. The van der Waals surface area contributed by atoms with Crippen LogP contribution in [0.5, 0.6) is 11.8 Å². The van der Waals surface area contributed by atoms with Crippen molar-refractivity contribution in [2.24, 2.45) is 0 Å². The van der Waals surface area contributed by atoms with E-state index in [1.807, 2.05) is 36.7 Å². The molecule has 7 heteroatoms. The van der Waals surface area contributed by atoms with Gasteiger partial charge >= 0.3 is 6.01 Å². The fourth-order valence-electron chi connectivity index (χ4n) is 4.09. The molecule has 2 aromatic heterocycles. The van der Waals surface area contributed by atoms with Gasteiger partial charge in [0.2, 0.25) is 0 Å². The molecule has 0 spiro atoms. The summed E-state index contributed by atoms with van der Waals surface area (Å²) in [5.41, 5.74) is 4.49. The largest absolute Gasteiger partial charge is 0.424 e. The van der Waals surface area contributed by atoms with Crippen molar-refractivity contribution in [2.75, 3.05) is 0 Å². The lowest BCUT2D eigenvalue weighted by Gasteiger charge is -2.11. The maximum atomic E-state index is 13.5. The Morgan fingerprint density at radius 3 is 2.55 bits per heavy atom. The van der Waals surface area contributed by atoms with Crippen LogP contribution in [-0.4, -0.2) is 19.3 Å². The van der Waals surface area contributed by atoms with E-state index in [-0.39, 0.29) is 17.4 Å². The molecule has 5 rings (SSSR count). The molecule has 1 aliphatic heterocycles. The summed E-state index contributed by atoms with van der Waals surface area (Å²) in [7, 11) is 0. The summed E-state index contributed by atoms with van der Waals surface area (Å²) >= 11 is 0. The zero-order chi connectivity index (χ0) is 21.5. The Bertz CT molecular complexity index is 1340. The molecule has 0 aliphatic carbocycles. The van der Waals surface area contributed by atoms with Crippen molar-refractivity contribution in [2.45, 2.75) is 33.4 Å². The second kappa shape index (κ2) is 7.50. The van der Waals surface area contributed by atoms with Crippen LogP contribution in [0.4, 0.5) is 4.39 Å². The summed E-state index contributed by atoms with van der Waals surface area (Å²) in [5, 5.41) is 0. The van der Waals surface area contributed by atoms with Crippen LogP contribution in [0.15, 0.2) is 59.5 Å². The molecule has 31 heavy (non-hydrogen) atoms. The first-order chi connectivity index (χ1) is 15.0. The molecule has 0 atom stereocenters. The fraction of sp³-hybridized carbons (Fsp3) is 0.208. The molecule has 0 N–H and O–H groups in total. The molecule has 2 aromatic carbocycles. The number of rotatable bonds is 4.